The van der Waals surface area contributed by atoms with E-state index in [0.29, 0.717) is 11.3 Å². The molecule has 1 unspecified atom stereocenters. The molecule has 0 amide bonds. The summed E-state index contributed by atoms with van der Waals surface area (Å²) in [5, 5.41) is 0. The van der Waals surface area contributed by atoms with Crippen LogP contribution in [0.5, 0.6) is 5.75 Å². The fraction of sp³-hybridized carbons (Fsp3) is 0.308. The van der Waals surface area contributed by atoms with E-state index in [1.165, 1.54) is 6.92 Å². The van der Waals surface area contributed by atoms with E-state index in [1.807, 2.05) is 26.0 Å². The minimum Gasteiger partial charge on any atom is -0.486 e. The summed E-state index contributed by atoms with van der Waals surface area (Å²) in [4.78, 5) is 11.3. The summed E-state index contributed by atoms with van der Waals surface area (Å²) in [5.74, 6) is 0.649. The van der Waals surface area contributed by atoms with Crippen LogP contribution in [0.25, 0.3) is 0 Å². The molecule has 2 heteroatoms. The lowest BCUT2D eigenvalue weighted by Gasteiger charge is -2.13. The third kappa shape index (κ3) is 2.94. The number of benzene rings is 1. The first-order chi connectivity index (χ1) is 7.04. The van der Waals surface area contributed by atoms with Gasteiger partial charge in [-0.1, -0.05) is 18.7 Å². The average Bonchev–Trinajstić information content (AvgIpc) is 2.17. The van der Waals surface area contributed by atoms with Gasteiger partial charge >= 0.3 is 0 Å². The fourth-order valence-electron chi connectivity index (χ4n) is 1.27. The average molecular weight is 204 g/mol. The fourth-order valence-corrected chi connectivity index (χ4v) is 1.27. The molecule has 2 nitrogen and oxygen atoms in total. The van der Waals surface area contributed by atoms with Crippen LogP contribution in [0.15, 0.2) is 30.9 Å². The predicted molar refractivity (Wildman–Crippen MR) is 61.5 cm³/mol. The van der Waals surface area contributed by atoms with Gasteiger partial charge in [0.2, 0.25) is 0 Å². The van der Waals surface area contributed by atoms with E-state index in [-0.39, 0.29) is 11.9 Å². The van der Waals surface area contributed by atoms with Crippen LogP contribution < -0.4 is 4.74 Å². The molecule has 0 saturated carbocycles. The molecule has 1 atom stereocenters. The van der Waals surface area contributed by atoms with Crippen molar-refractivity contribution in [3.8, 4) is 5.75 Å². The monoisotopic (exact) mass is 204 g/mol. The quantitative estimate of drug-likeness (QED) is 0.556. The summed E-state index contributed by atoms with van der Waals surface area (Å²) in [7, 11) is 0. The van der Waals surface area contributed by atoms with Gasteiger partial charge in [-0.3, -0.25) is 4.79 Å². The Morgan fingerprint density at radius 3 is 2.73 bits per heavy atom. The number of carbonyl (C=O) groups excluding carboxylic acids is 1. The van der Waals surface area contributed by atoms with Crippen molar-refractivity contribution < 1.29 is 9.53 Å². The Labute approximate surface area is 90.6 Å². The number of aryl methyl sites for hydroxylation is 1. The van der Waals surface area contributed by atoms with Gasteiger partial charge in [-0.25, -0.2) is 0 Å². The van der Waals surface area contributed by atoms with Crippen molar-refractivity contribution in [1.29, 1.82) is 0 Å². The van der Waals surface area contributed by atoms with Gasteiger partial charge < -0.3 is 4.74 Å². The van der Waals surface area contributed by atoms with Gasteiger partial charge in [0.25, 0.3) is 0 Å². The van der Waals surface area contributed by atoms with E-state index in [2.05, 4.69) is 6.58 Å². The molecule has 0 saturated heterocycles. The molecule has 1 aromatic rings. The lowest BCUT2D eigenvalue weighted by atomic mass is 10.1. The number of Topliss-reactive ketones (excluding diaryl/α,β-unsaturated/α-hetero) is 1. The summed E-state index contributed by atoms with van der Waals surface area (Å²) in [6.45, 7) is 9.04. The van der Waals surface area contributed by atoms with Crippen LogP contribution in [-0.2, 0) is 0 Å². The van der Waals surface area contributed by atoms with Gasteiger partial charge in [0.05, 0.1) is 5.56 Å². The molecule has 0 radical (unpaired) electrons. The van der Waals surface area contributed by atoms with Crippen molar-refractivity contribution in [2.45, 2.75) is 26.9 Å². The van der Waals surface area contributed by atoms with Gasteiger partial charge in [-0.05, 0) is 38.5 Å². The molecule has 0 aliphatic heterocycles. The molecule has 1 rings (SSSR count). The Hall–Kier alpha value is -1.57. The van der Waals surface area contributed by atoms with E-state index in [0.717, 1.165) is 5.56 Å². The molecule has 0 aliphatic rings. The van der Waals surface area contributed by atoms with Crippen molar-refractivity contribution >= 4 is 5.78 Å². The van der Waals surface area contributed by atoms with Crippen molar-refractivity contribution in [1.82, 2.24) is 0 Å². The van der Waals surface area contributed by atoms with Crippen molar-refractivity contribution in [3.05, 3.63) is 42.0 Å². The molecular formula is C13H16O2. The Balaban J connectivity index is 3.07. The Morgan fingerprint density at radius 2 is 2.20 bits per heavy atom. The van der Waals surface area contributed by atoms with Crippen LogP contribution in [0.1, 0.15) is 29.8 Å². The van der Waals surface area contributed by atoms with Crippen LogP contribution in [0.3, 0.4) is 0 Å². The normalized spacial score (nSPS) is 11.9. The molecule has 15 heavy (non-hydrogen) atoms. The first-order valence-electron chi connectivity index (χ1n) is 4.95. The van der Waals surface area contributed by atoms with Crippen LogP contribution in [0.2, 0.25) is 0 Å². The lowest BCUT2D eigenvalue weighted by molar-refractivity contribution is 0.101. The number of ether oxygens (including phenoxy) is 1. The van der Waals surface area contributed by atoms with Gasteiger partial charge in [-0.2, -0.15) is 0 Å². The first kappa shape index (κ1) is 11.5. The van der Waals surface area contributed by atoms with Gasteiger partial charge in [0.1, 0.15) is 11.9 Å². The predicted octanol–water partition coefficient (Wildman–Crippen LogP) is 3.15. The maximum Gasteiger partial charge on any atom is 0.163 e. The first-order valence-corrected chi connectivity index (χ1v) is 4.95. The molecule has 0 fully saturated rings. The second-order valence-corrected chi connectivity index (χ2v) is 3.61. The maximum atomic E-state index is 11.3. The van der Waals surface area contributed by atoms with Gasteiger partial charge in [0, 0.05) is 0 Å². The van der Waals surface area contributed by atoms with Crippen molar-refractivity contribution in [2.75, 3.05) is 0 Å². The SMILES string of the molecule is C=CC(C)Oc1cc(C)ccc1C(C)=O. The van der Waals surface area contributed by atoms with Crippen LogP contribution in [0.4, 0.5) is 0 Å². The number of hydrogen-bond donors (Lipinski definition) is 0. The molecule has 0 bridgehead atoms. The lowest BCUT2D eigenvalue weighted by Crippen LogP contribution is -2.10. The van der Waals surface area contributed by atoms with E-state index in [1.54, 1.807) is 12.1 Å². The van der Waals surface area contributed by atoms with Gasteiger partial charge in [0.15, 0.2) is 5.78 Å². The van der Waals surface area contributed by atoms with E-state index < -0.39 is 0 Å². The van der Waals surface area contributed by atoms with E-state index in [9.17, 15) is 4.79 Å². The molecule has 0 heterocycles. The largest absolute Gasteiger partial charge is 0.486 e. The molecule has 0 aromatic heterocycles. The standard InChI is InChI=1S/C13H16O2/c1-5-10(3)15-13-8-9(2)6-7-12(13)11(4)14/h5-8,10H,1H2,2-4H3. The van der Waals surface area contributed by atoms with Crippen LogP contribution in [0, 0.1) is 6.92 Å². The molecule has 0 spiro atoms. The number of ketones is 1. The Morgan fingerprint density at radius 1 is 1.53 bits per heavy atom. The summed E-state index contributed by atoms with van der Waals surface area (Å²) in [5.41, 5.74) is 1.69. The van der Waals surface area contributed by atoms with Crippen molar-refractivity contribution in [3.63, 3.8) is 0 Å². The highest BCUT2D eigenvalue weighted by Crippen LogP contribution is 2.22. The molecule has 0 aliphatic carbocycles. The third-order valence-corrected chi connectivity index (χ3v) is 2.16. The minimum absolute atomic E-state index is 0.0151. The summed E-state index contributed by atoms with van der Waals surface area (Å²) in [6, 6.07) is 5.57. The van der Waals surface area contributed by atoms with E-state index in [4.69, 9.17) is 4.74 Å². The smallest absolute Gasteiger partial charge is 0.163 e. The van der Waals surface area contributed by atoms with Crippen LogP contribution >= 0.6 is 0 Å². The molecule has 0 N–H and O–H groups in total. The highest BCUT2D eigenvalue weighted by molar-refractivity contribution is 5.96. The second-order valence-electron chi connectivity index (χ2n) is 3.61. The summed E-state index contributed by atoms with van der Waals surface area (Å²) < 4.78 is 5.60. The Bertz CT molecular complexity index is 380. The zero-order valence-electron chi connectivity index (χ0n) is 9.41. The van der Waals surface area contributed by atoms with Crippen LogP contribution in [-0.4, -0.2) is 11.9 Å². The number of rotatable bonds is 4. The highest BCUT2D eigenvalue weighted by atomic mass is 16.5. The van der Waals surface area contributed by atoms with E-state index >= 15 is 0 Å². The number of carbonyl (C=O) groups is 1. The molecule has 1 aromatic carbocycles. The zero-order chi connectivity index (χ0) is 11.4. The summed E-state index contributed by atoms with van der Waals surface area (Å²) in [6.07, 6.45) is 1.61. The molecule has 80 valence electrons. The summed E-state index contributed by atoms with van der Waals surface area (Å²) >= 11 is 0. The van der Waals surface area contributed by atoms with Crippen molar-refractivity contribution in [2.24, 2.45) is 0 Å². The number of hydrogen-bond acceptors (Lipinski definition) is 2. The maximum absolute atomic E-state index is 11.3. The van der Waals surface area contributed by atoms with Gasteiger partial charge in [-0.15, -0.1) is 0 Å². The third-order valence-electron chi connectivity index (χ3n) is 2.16. The minimum atomic E-state index is -0.0927. The topological polar surface area (TPSA) is 26.3 Å². The molecular weight excluding hydrogens is 188 g/mol. The zero-order valence-corrected chi connectivity index (χ0v) is 9.41. The second kappa shape index (κ2) is 4.78. The highest BCUT2D eigenvalue weighted by Gasteiger charge is 2.10. The Kier molecular flexibility index (Phi) is 3.67.